The van der Waals surface area contributed by atoms with Crippen LogP contribution < -0.4 is 10.1 Å². The Balaban J connectivity index is 1.05. The van der Waals surface area contributed by atoms with Crippen LogP contribution in [0.2, 0.25) is 0 Å². The second-order valence-electron chi connectivity index (χ2n) is 13.9. The third-order valence-corrected chi connectivity index (χ3v) is 10.5. The van der Waals surface area contributed by atoms with E-state index in [0.29, 0.717) is 68.3 Å². The van der Waals surface area contributed by atoms with Crippen LogP contribution in [0.4, 0.5) is 4.39 Å². The first-order valence-electron chi connectivity index (χ1n) is 17.9. The van der Waals surface area contributed by atoms with Crippen LogP contribution >= 0.6 is 0 Å². The molecule has 2 atom stereocenters. The summed E-state index contributed by atoms with van der Waals surface area (Å²) < 4.78 is 26.9. The molecule has 7 rings (SSSR count). The van der Waals surface area contributed by atoms with Gasteiger partial charge < -0.3 is 24.6 Å². The smallest absolute Gasteiger partial charge is 0.251 e. The number of ether oxygens (including phenoxy) is 2. The molecule has 2 saturated heterocycles. The van der Waals surface area contributed by atoms with Gasteiger partial charge in [-0.15, -0.1) is 0 Å². The molecule has 268 valence electrons. The number of piperidine rings is 1. The molecule has 2 aliphatic heterocycles. The van der Waals surface area contributed by atoms with Crippen LogP contribution in [0.1, 0.15) is 60.1 Å². The molecule has 2 aromatic carbocycles. The monoisotopic (exact) mass is 695 g/mol. The number of methoxy groups -OCH3 is 1. The van der Waals surface area contributed by atoms with E-state index in [9.17, 15) is 9.59 Å². The van der Waals surface area contributed by atoms with Crippen LogP contribution in [0.3, 0.4) is 0 Å². The number of amides is 2. The number of halogens is 1. The van der Waals surface area contributed by atoms with Gasteiger partial charge in [-0.25, -0.2) is 4.39 Å². The summed E-state index contributed by atoms with van der Waals surface area (Å²) in [7, 11) is 1.52. The summed E-state index contributed by atoms with van der Waals surface area (Å²) in [5.74, 6) is 0.518. The van der Waals surface area contributed by atoms with Gasteiger partial charge in [-0.2, -0.15) is 5.10 Å². The van der Waals surface area contributed by atoms with Crippen molar-refractivity contribution in [2.75, 3.05) is 39.8 Å². The van der Waals surface area contributed by atoms with Gasteiger partial charge in [0.25, 0.3) is 5.91 Å². The standard InChI is InChI=1S/C39H46FN7O4/c1-25-21-27(15-16-41-25)37-31-22-28(11-13-34(31)43-44-37)38(48)42-29-12-14-35(47(23-29)24-32-33(40)9-6-10-36(32)50-3)39(49)46-19-17-45(18-20-46)26(2)51-30-7-4-5-8-30/h6,9-11,13,15-16,21-22,29-30,35H,2,4-5,7-8,12,14,17-20,23-24H2,1,3H3,(H,42,48)(H,43,44)/t29-,35+/m1/s1. The molecule has 3 aliphatic rings. The Hall–Kier alpha value is -4.97. The van der Waals surface area contributed by atoms with Gasteiger partial charge in [0, 0.05) is 79.3 Å². The molecule has 2 N–H and O–H groups in total. The van der Waals surface area contributed by atoms with Gasteiger partial charge in [0.15, 0.2) is 5.88 Å². The first-order chi connectivity index (χ1) is 24.8. The largest absolute Gasteiger partial charge is 0.496 e. The Morgan fingerprint density at radius 2 is 1.80 bits per heavy atom. The van der Waals surface area contributed by atoms with Gasteiger partial charge in [-0.3, -0.25) is 24.6 Å². The van der Waals surface area contributed by atoms with Gasteiger partial charge >= 0.3 is 0 Å². The quantitative estimate of drug-likeness (QED) is 0.212. The SMILES string of the molecule is C=C(OC1CCCC1)N1CCN(C(=O)[C@@H]2CC[C@@H](NC(=O)c3ccc4[nH]nc(-c5ccnc(C)c5)c4c3)CN2Cc2c(F)cccc2OC)CC1. The van der Waals surface area contributed by atoms with Crippen molar-refractivity contribution in [3.05, 3.63) is 89.8 Å². The second kappa shape index (κ2) is 15.1. The number of likely N-dealkylation sites (tertiary alicyclic amines) is 1. The van der Waals surface area contributed by atoms with Crippen molar-refractivity contribution in [1.29, 1.82) is 0 Å². The number of fused-ring (bicyclic) bond motifs is 1. The van der Waals surface area contributed by atoms with Gasteiger partial charge in [0.05, 0.1) is 18.7 Å². The number of aromatic nitrogens is 3. The maximum Gasteiger partial charge on any atom is 0.251 e. The van der Waals surface area contributed by atoms with Crippen molar-refractivity contribution in [1.82, 2.24) is 35.2 Å². The molecule has 51 heavy (non-hydrogen) atoms. The minimum atomic E-state index is -0.472. The van der Waals surface area contributed by atoms with Gasteiger partial charge in [-0.1, -0.05) is 6.07 Å². The van der Waals surface area contributed by atoms with Crippen molar-refractivity contribution in [2.24, 2.45) is 0 Å². The highest BCUT2D eigenvalue weighted by molar-refractivity contribution is 6.01. The molecular weight excluding hydrogens is 649 g/mol. The lowest BCUT2D eigenvalue weighted by molar-refractivity contribution is -0.141. The topological polar surface area (TPSA) is 116 Å². The lowest BCUT2D eigenvalue weighted by Crippen LogP contribution is -2.59. The lowest BCUT2D eigenvalue weighted by Gasteiger charge is -2.43. The van der Waals surface area contributed by atoms with Crippen LogP contribution in [-0.4, -0.2) is 99.7 Å². The molecule has 4 aromatic rings. The third kappa shape index (κ3) is 7.56. The fourth-order valence-corrected chi connectivity index (χ4v) is 7.70. The Labute approximate surface area is 297 Å². The highest BCUT2D eigenvalue weighted by atomic mass is 19.1. The number of aromatic amines is 1. The highest BCUT2D eigenvalue weighted by Crippen LogP contribution is 2.30. The van der Waals surface area contributed by atoms with E-state index in [4.69, 9.17) is 9.47 Å². The molecule has 1 saturated carbocycles. The number of hydrogen-bond acceptors (Lipinski definition) is 8. The number of piperazine rings is 1. The van der Waals surface area contributed by atoms with E-state index in [1.165, 1.54) is 26.0 Å². The Bertz CT molecular complexity index is 1900. The van der Waals surface area contributed by atoms with E-state index in [0.717, 1.165) is 40.7 Å². The molecular formula is C39H46FN7O4. The number of pyridine rings is 1. The van der Waals surface area contributed by atoms with Crippen molar-refractivity contribution in [2.45, 2.75) is 70.2 Å². The van der Waals surface area contributed by atoms with E-state index >= 15 is 4.39 Å². The lowest BCUT2D eigenvalue weighted by atomic mass is 9.95. The fourth-order valence-electron chi connectivity index (χ4n) is 7.70. The van der Waals surface area contributed by atoms with E-state index in [1.807, 2.05) is 41.0 Å². The zero-order valence-electron chi connectivity index (χ0n) is 29.4. The number of aryl methyl sites for hydroxylation is 1. The molecule has 1 aliphatic carbocycles. The van der Waals surface area contributed by atoms with Crippen molar-refractivity contribution in [3.63, 3.8) is 0 Å². The predicted molar refractivity (Wildman–Crippen MR) is 192 cm³/mol. The summed E-state index contributed by atoms with van der Waals surface area (Å²) in [6.45, 7) is 9.04. The summed E-state index contributed by atoms with van der Waals surface area (Å²) in [4.78, 5) is 38.2. The molecule has 3 fully saturated rings. The first-order valence-corrected chi connectivity index (χ1v) is 17.9. The predicted octanol–water partition coefficient (Wildman–Crippen LogP) is 5.42. The molecule has 0 unspecified atom stereocenters. The van der Waals surface area contributed by atoms with Crippen LogP contribution in [0.5, 0.6) is 5.75 Å². The number of benzene rings is 2. The van der Waals surface area contributed by atoms with Crippen molar-refractivity contribution >= 4 is 22.7 Å². The van der Waals surface area contributed by atoms with Crippen LogP contribution in [0.15, 0.2) is 67.2 Å². The number of nitrogens with zero attached hydrogens (tertiary/aromatic N) is 5. The average molecular weight is 696 g/mol. The molecule has 0 radical (unpaired) electrons. The minimum Gasteiger partial charge on any atom is -0.496 e. The normalized spacial score (nSPS) is 20.1. The number of rotatable bonds is 10. The molecule has 2 aromatic heterocycles. The number of H-pyrrole nitrogens is 1. The summed E-state index contributed by atoms with van der Waals surface area (Å²) in [6.07, 6.45) is 7.62. The second-order valence-corrected chi connectivity index (χ2v) is 13.9. The fraction of sp³-hybridized carbons (Fsp3) is 0.436. The zero-order valence-corrected chi connectivity index (χ0v) is 29.4. The summed E-state index contributed by atoms with van der Waals surface area (Å²) >= 11 is 0. The van der Waals surface area contributed by atoms with E-state index in [-0.39, 0.29) is 30.5 Å². The molecule has 0 spiro atoms. The third-order valence-electron chi connectivity index (χ3n) is 10.5. The van der Waals surface area contributed by atoms with Gasteiger partial charge in [0.1, 0.15) is 23.4 Å². The molecule has 11 nitrogen and oxygen atoms in total. The number of carbonyl (C=O) groups is 2. The van der Waals surface area contributed by atoms with Crippen LogP contribution in [0, 0.1) is 12.7 Å². The van der Waals surface area contributed by atoms with E-state index in [2.05, 4.69) is 32.0 Å². The molecule has 0 bridgehead atoms. The van der Waals surface area contributed by atoms with E-state index in [1.54, 1.807) is 24.4 Å². The van der Waals surface area contributed by atoms with Crippen molar-refractivity contribution < 1.29 is 23.5 Å². The maximum absolute atomic E-state index is 15.2. The number of hydrogen-bond donors (Lipinski definition) is 2. The number of nitrogens with one attached hydrogen (secondary N) is 2. The van der Waals surface area contributed by atoms with Crippen LogP contribution in [-0.2, 0) is 16.1 Å². The Morgan fingerprint density at radius 3 is 2.57 bits per heavy atom. The average Bonchev–Trinajstić information content (AvgIpc) is 3.82. The van der Waals surface area contributed by atoms with Crippen molar-refractivity contribution in [3.8, 4) is 17.0 Å². The summed E-state index contributed by atoms with van der Waals surface area (Å²) in [6, 6.07) is 13.4. The number of carbonyl (C=O) groups excluding carboxylic acids is 2. The van der Waals surface area contributed by atoms with Gasteiger partial charge in [0.2, 0.25) is 5.91 Å². The molecule has 2 amide bonds. The van der Waals surface area contributed by atoms with E-state index < -0.39 is 11.9 Å². The van der Waals surface area contributed by atoms with Crippen LogP contribution in [0.25, 0.3) is 22.2 Å². The maximum atomic E-state index is 15.2. The summed E-state index contributed by atoms with van der Waals surface area (Å²) in [5.41, 5.74) is 4.26. The molecule has 4 heterocycles. The zero-order chi connectivity index (χ0) is 35.5. The molecule has 12 heteroatoms. The summed E-state index contributed by atoms with van der Waals surface area (Å²) in [5, 5.41) is 11.6. The van der Waals surface area contributed by atoms with Gasteiger partial charge in [-0.05, 0) is 94.5 Å². The highest BCUT2D eigenvalue weighted by Gasteiger charge is 2.38. The Morgan fingerprint density at radius 1 is 1.02 bits per heavy atom. The Kier molecular flexibility index (Phi) is 10.2. The first kappa shape index (κ1) is 34.5. The minimum absolute atomic E-state index is 0.0151.